The van der Waals surface area contributed by atoms with E-state index in [-0.39, 0.29) is 0 Å². The predicted octanol–water partition coefficient (Wildman–Crippen LogP) is 3.82. The second-order valence-electron chi connectivity index (χ2n) is 2.34. The van der Waals surface area contributed by atoms with Crippen LogP contribution in [0, 0.1) is 0 Å². The minimum Gasteiger partial charge on any atom is -0.388 e. The van der Waals surface area contributed by atoms with E-state index in [1.54, 1.807) is 12.2 Å². The van der Waals surface area contributed by atoms with E-state index in [9.17, 15) is 0 Å². The summed E-state index contributed by atoms with van der Waals surface area (Å²) < 4.78 is 0. The van der Waals surface area contributed by atoms with Crippen molar-refractivity contribution in [3.8, 4) is 0 Å². The van der Waals surface area contributed by atoms with Crippen LogP contribution in [0.3, 0.4) is 0 Å². The lowest BCUT2D eigenvalue weighted by atomic mass is 10.2. The van der Waals surface area contributed by atoms with E-state index in [1.165, 1.54) is 0 Å². The van der Waals surface area contributed by atoms with Crippen LogP contribution in [0.25, 0.3) is 0 Å². The van der Waals surface area contributed by atoms with Gasteiger partial charge in [-0.2, -0.15) is 0 Å². The molecule has 0 aromatic heterocycles. The van der Waals surface area contributed by atoms with Crippen molar-refractivity contribution in [1.82, 2.24) is 5.32 Å². The van der Waals surface area contributed by atoms with Crippen LogP contribution in [0.15, 0.2) is 48.7 Å². The van der Waals surface area contributed by atoms with Crippen LogP contribution in [0.4, 0.5) is 0 Å². The van der Waals surface area contributed by atoms with Crippen LogP contribution >= 0.6 is 0 Å². The Labute approximate surface area is 88.9 Å². The molecular formula is C13H23N. The summed E-state index contributed by atoms with van der Waals surface area (Å²) in [5, 5.41) is 3.09. The summed E-state index contributed by atoms with van der Waals surface area (Å²) in [5.41, 5.74) is 2.09. The summed E-state index contributed by atoms with van der Waals surface area (Å²) in [6.45, 7) is 13.5. The third-order valence-electron chi connectivity index (χ3n) is 1.54. The average Bonchev–Trinajstić information content (AvgIpc) is 2.27. The average molecular weight is 193 g/mol. The smallest absolute Gasteiger partial charge is 0.0407 e. The van der Waals surface area contributed by atoms with Gasteiger partial charge in [-0.3, -0.25) is 0 Å². The van der Waals surface area contributed by atoms with Gasteiger partial charge in [0.1, 0.15) is 0 Å². The molecule has 0 radical (unpaired) electrons. The quantitative estimate of drug-likeness (QED) is 0.654. The Morgan fingerprint density at radius 3 is 2.00 bits per heavy atom. The summed E-state index contributed by atoms with van der Waals surface area (Å²) >= 11 is 0. The largest absolute Gasteiger partial charge is 0.388 e. The van der Waals surface area contributed by atoms with Crippen LogP contribution in [0.5, 0.6) is 0 Å². The molecule has 0 aliphatic heterocycles. The summed E-state index contributed by atoms with van der Waals surface area (Å²) in [7, 11) is 1.89. The first-order chi connectivity index (χ1) is 6.79. The molecule has 0 unspecified atom stereocenters. The predicted molar refractivity (Wildman–Crippen MR) is 67.3 cm³/mol. The number of rotatable bonds is 5. The minimum atomic E-state index is 1.03. The molecule has 0 aromatic rings. The zero-order valence-corrected chi connectivity index (χ0v) is 9.93. The molecule has 0 bridgehead atoms. The first-order valence-corrected chi connectivity index (χ1v) is 5.13. The molecule has 0 saturated carbocycles. The molecule has 0 rings (SSSR count). The molecule has 0 aliphatic carbocycles. The van der Waals surface area contributed by atoms with Crippen molar-refractivity contribution in [2.75, 3.05) is 7.05 Å². The third kappa shape index (κ3) is 6.30. The van der Waals surface area contributed by atoms with Gasteiger partial charge in [-0.15, -0.1) is 0 Å². The molecule has 1 nitrogen and oxygen atoms in total. The van der Waals surface area contributed by atoms with Gasteiger partial charge in [0.15, 0.2) is 0 Å². The van der Waals surface area contributed by atoms with Gasteiger partial charge < -0.3 is 5.32 Å². The van der Waals surface area contributed by atoms with Crippen LogP contribution < -0.4 is 5.32 Å². The topological polar surface area (TPSA) is 12.0 Å². The Balaban J connectivity index is 0. The SMILES string of the molecule is C=CC(C=C)=C(/C=C\CC)NC.CC. The lowest BCUT2D eigenvalue weighted by Crippen LogP contribution is -2.05. The molecular weight excluding hydrogens is 170 g/mol. The van der Waals surface area contributed by atoms with Crippen LogP contribution in [0.2, 0.25) is 0 Å². The lowest BCUT2D eigenvalue weighted by molar-refractivity contribution is 1.02. The normalized spacial score (nSPS) is 8.57. The van der Waals surface area contributed by atoms with Gasteiger partial charge in [0, 0.05) is 12.7 Å². The van der Waals surface area contributed by atoms with Crippen molar-refractivity contribution in [3.05, 3.63) is 48.7 Å². The van der Waals surface area contributed by atoms with Crippen molar-refractivity contribution in [2.45, 2.75) is 27.2 Å². The number of likely N-dealkylation sites (N-methyl/N-ethyl adjacent to an activating group) is 1. The van der Waals surface area contributed by atoms with Crippen molar-refractivity contribution < 1.29 is 0 Å². The van der Waals surface area contributed by atoms with E-state index in [1.807, 2.05) is 27.0 Å². The summed E-state index contributed by atoms with van der Waals surface area (Å²) in [5.74, 6) is 0. The fraction of sp³-hybridized carbons (Fsp3) is 0.385. The molecule has 0 amide bonds. The Morgan fingerprint density at radius 2 is 1.71 bits per heavy atom. The number of allylic oxidation sites excluding steroid dienone is 5. The molecule has 0 aliphatic rings. The molecule has 0 aromatic carbocycles. The number of hydrogen-bond acceptors (Lipinski definition) is 1. The monoisotopic (exact) mass is 193 g/mol. The Kier molecular flexibility index (Phi) is 12.8. The zero-order valence-electron chi connectivity index (χ0n) is 9.93. The van der Waals surface area contributed by atoms with Crippen molar-refractivity contribution in [2.24, 2.45) is 0 Å². The van der Waals surface area contributed by atoms with Gasteiger partial charge in [-0.25, -0.2) is 0 Å². The maximum atomic E-state index is 3.71. The molecule has 0 heterocycles. The van der Waals surface area contributed by atoms with Crippen LogP contribution in [-0.2, 0) is 0 Å². The number of hydrogen-bond donors (Lipinski definition) is 1. The molecule has 80 valence electrons. The standard InChI is InChI=1S/C11H17N.C2H6/c1-5-8-9-11(12-4)10(6-2)7-3;1-2/h6-9,12H,2-3,5H2,1,4H3;1-2H3/b9-8-;. The summed E-state index contributed by atoms with van der Waals surface area (Å²) in [6.07, 6.45) is 8.75. The van der Waals surface area contributed by atoms with Crippen molar-refractivity contribution >= 4 is 0 Å². The van der Waals surface area contributed by atoms with E-state index in [2.05, 4.69) is 31.5 Å². The van der Waals surface area contributed by atoms with E-state index in [4.69, 9.17) is 0 Å². The molecule has 1 N–H and O–H groups in total. The van der Waals surface area contributed by atoms with Crippen LogP contribution in [0.1, 0.15) is 27.2 Å². The van der Waals surface area contributed by atoms with Crippen LogP contribution in [-0.4, -0.2) is 7.05 Å². The summed E-state index contributed by atoms with van der Waals surface area (Å²) in [4.78, 5) is 0. The Hall–Kier alpha value is -1.24. The molecule has 14 heavy (non-hydrogen) atoms. The van der Waals surface area contributed by atoms with Crippen molar-refractivity contribution in [3.63, 3.8) is 0 Å². The minimum absolute atomic E-state index is 1.03. The van der Waals surface area contributed by atoms with E-state index in [0.29, 0.717) is 0 Å². The highest BCUT2D eigenvalue weighted by atomic mass is 14.8. The molecule has 0 saturated heterocycles. The molecule has 0 spiro atoms. The maximum absolute atomic E-state index is 3.71. The van der Waals surface area contributed by atoms with Gasteiger partial charge in [0.25, 0.3) is 0 Å². The second kappa shape index (κ2) is 11.8. The fourth-order valence-corrected chi connectivity index (χ4v) is 0.863. The molecule has 0 atom stereocenters. The maximum Gasteiger partial charge on any atom is 0.0407 e. The third-order valence-corrected chi connectivity index (χ3v) is 1.54. The van der Waals surface area contributed by atoms with Gasteiger partial charge in [-0.1, -0.05) is 52.2 Å². The van der Waals surface area contributed by atoms with Gasteiger partial charge in [-0.05, 0) is 18.1 Å². The fourth-order valence-electron chi connectivity index (χ4n) is 0.863. The summed E-state index contributed by atoms with van der Waals surface area (Å²) in [6, 6.07) is 0. The number of nitrogens with one attached hydrogen (secondary N) is 1. The second-order valence-corrected chi connectivity index (χ2v) is 2.34. The van der Waals surface area contributed by atoms with Gasteiger partial charge in [0.05, 0.1) is 0 Å². The highest BCUT2D eigenvalue weighted by Crippen LogP contribution is 2.05. The Bertz CT molecular complexity index is 199. The highest BCUT2D eigenvalue weighted by Gasteiger charge is 1.92. The van der Waals surface area contributed by atoms with E-state index >= 15 is 0 Å². The van der Waals surface area contributed by atoms with Crippen molar-refractivity contribution in [1.29, 1.82) is 0 Å². The molecule has 0 fully saturated rings. The lowest BCUT2D eigenvalue weighted by Gasteiger charge is -2.03. The first-order valence-electron chi connectivity index (χ1n) is 5.13. The zero-order chi connectivity index (χ0) is 11.4. The van der Waals surface area contributed by atoms with E-state index < -0.39 is 0 Å². The first kappa shape index (κ1) is 15.2. The molecule has 1 heteroatoms. The van der Waals surface area contributed by atoms with E-state index in [0.717, 1.165) is 17.7 Å². The highest BCUT2D eigenvalue weighted by molar-refractivity contribution is 5.37. The Morgan fingerprint density at radius 1 is 1.21 bits per heavy atom. The van der Waals surface area contributed by atoms with Gasteiger partial charge >= 0.3 is 0 Å². The van der Waals surface area contributed by atoms with Gasteiger partial charge in [0.2, 0.25) is 0 Å².